The van der Waals surface area contributed by atoms with Crippen LogP contribution in [0.15, 0.2) is 48.8 Å². The molecule has 0 unspecified atom stereocenters. The largest absolute Gasteiger partial charge is 0.352 e. The number of hydrogen-bond acceptors (Lipinski definition) is 3. The number of benzene rings is 1. The van der Waals surface area contributed by atoms with Crippen LogP contribution in [0.5, 0.6) is 0 Å². The molecule has 0 bridgehead atoms. The van der Waals surface area contributed by atoms with Gasteiger partial charge >= 0.3 is 0 Å². The lowest BCUT2D eigenvalue weighted by Gasteiger charge is -2.10. The number of para-hydroxylation sites is 2. The molecule has 0 aliphatic carbocycles. The summed E-state index contributed by atoms with van der Waals surface area (Å²) in [6.07, 6.45) is 7.51. The van der Waals surface area contributed by atoms with E-state index in [1.54, 1.807) is 24.5 Å². The Morgan fingerprint density at radius 2 is 2.04 bits per heavy atom. The molecule has 0 fully saturated rings. The van der Waals surface area contributed by atoms with Crippen LogP contribution in [0.2, 0.25) is 0 Å². The van der Waals surface area contributed by atoms with Crippen molar-refractivity contribution in [3.05, 3.63) is 60.2 Å². The van der Waals surface area contributed by atoms with Gasteiger partial charge in [0.15, 0.2) is 0 Å². The van der Waals surface area contributed by atoms with Crippen molar-refractivity contribution in [2.24, 2.45) is 0 Å². The van der Waals surface area contributed by atoms with Gasteiger partial charge in [0.2, 0.25) is 0 Å². The monoisotopic (exact) mass is 336 g/mol. The van der Waals surface area contributed by atoms with Gasteiger partial charge in [-0.15, -0.1) is 0 Å². The van der Waals surface area contributed by atoms with Crippen LogP contribution in [0.4, 0.5) is 0 Å². The van der Waals surface area contributed by atoms with Crippen molar-refractivity contribution in [1.29, 1.82) is 0 Å². The maximum atomic E-state index is 12.1. The zero-order valence-corrected chi connectivity index (χ0v) is 14.6. The molecule has 0 aliphatic rings. The number of imidazole rings is 1. The first-order chi connectivity index (χ1) is 12.3. The maximum absolute atomic E-state index is 12.1. The maximum Gasteiger partial charge on any atom is 0.252 e. The average Bonchev–Trinajstić information content (AvgIpc) is 3.00. The summed E-state index contributed by atoms with van der Waals surface area (Å²) in [6.45, 7) is 3.74. The van der Waals surface area contributed by atoms with Crippen molar-refractivity contribution >= 4 is 16.9 Å². The molecule has 3 aromatic rings. The van der Waals surface area contributed by atoms with Gasteiger partial charge in [0.1, 0.15) is 5.82 Å². The summed E-state index contributed by atoms with van der Waals surface area (Å²) in [4.78, 5) is 20.9. The minimum Gasteiger partial charge on any atom is -0.352 e. The summed E-state index contributed by atoms with van der Waals surface area (Å²) in [5.74, 6) is 0.936. The van der Waals surface area contributed by atoms with Gasteiger partial charge in [-0.1, -0.05) is 31.9 Å². The van der Waals surface area contributed by atoms with Gasteiger partial charge in [-0.2, -0.15) is 0 Å². The Balaban J connectivity index is 1.68. The summed E-state index contributed by atoms with van der Waals surface area (Å²) in [5.41, 5.74) is 2.78. The fourth-order valence-corrected chi connectivity index (χ4v) is 2.97. The van der Waals surface area contributed by atoms with Gasteiger partial charge in [-0.3, -0.25) is 9.78 Å². The molecule has 0 radical (unpaired) electrons. The predicted molar refractivity (Wildman–Crippen MR) is 99.5 cm³/mol. The number of pyridine rings is 1. The molecular formula is C20H24N4O. The number of hydrogen-bond donors (Lipinski definition) is 1. The minimum absolute atomic E-state index is 0.0956. The lowest BCUT2D eigenvalue weighted by atomic mass is 10.2. The second-order valence-corrected chi connectivity index (χ2v) is 6.12. The highest BCUT2D eigenvalue weighted by molar-refractivity contribution is 5.93. The van der Waals surface area contributed by atoms with E-state index in [0.717, 1.165) is 24.3 Å². The zero-order chi connectivity index (χ0) is 17.5. The van der Waals surface area contributed by atoms with E-state index in [9.17, 15) is 4.79 Å². The van der Waals surface area contributed by atoms with E-state index in [1.165, 1.54) is 18.4 Å². The molecule has 1 amide bonds. The number of fused-ring (bicyclic) bond motifs is 1. The third-order valence-electron chi connectivity index (χ3n) is 4.28. The van der Waals surface area contributed by atoms with Crippen LogP contribution in [0.3, 0.4) is 0 Å². The van der Waals surface area contributed by atoms with Crippen molar-refractivity contribution in [2.75, 3.05) is 6.54 Å². The summed E-state index contributed by atoms with van der Waals surface area (Å²) in [6, 6.07) is 11.8. The number of nitrogens with one attached hydrogen (secondary N) is 1. The third-order valence-corrected chi connectivity index (χ3v) is 4.28. The van der Waals surface area contributed by atoms with E-state index < -0.39 is 0 Å². The van der Waals surface area contributed by atoms with E-state index in [4.69, 9.17) is 4.98 Å². The molecule has 1 N–H and O–H groups in total. The number of nitrogens with zero attached hydrogens (tertiary/aromatic N) is 3. The first kappa shape index (κ1) is 17.1. The van der Waals surface area contributed by atoms with Gasteiger partial charge in [0, 0.05) is 31.9 Å². The average molecular weight is 336 g/mol. The predicted octanol–water partition coefficient (Wildman–Crippen LogP) is 3.59. The Bertz CT molecular complexity index is 826. The van der Waals surface area contributed by atoms with E-state index in [-0.39, 0.29) is 5.91 Å². The molecule has 0 atom stereocenters. The smallest absolute Gasteiger partial charge is 0.252 e. The molecule has 0 spiro atoms. The fourth-order valence-electron chi connectivity index (χ4n) is 2.97. The molecule has 1 aromatic carbocycles. The summed E-state index contributed by atoms with van der Waals surface area (Å²) in [7, 11) is 0. The van der Waals surface area contributed by atoms with Crippen molar-refractivity contribution in [3.63, 3.8) is 0 Å². The van der Waals surface area contributed by atoms with E-state index in [2.05, 4.69) is 27.9 Å². The van der Waals surface area contributed by atoms with Gasteiger partial charge in [-0.05, 0) is 30.7 Å². The Morgan fingerprint density at radius 3 is 2.84 bits per heavy atom. The van der Waals surface area contributed by atoms with Crippen LogP contribution in [0.25, 0.3) is 11.0 Å². The third kappa shape index (κ3) is 4.24. The molecule has 2 aromatic heterocycles. The number of carbonyl (C=O) groups is 1. The lowest BCUT2D eigenvalue weighted by molar-refractivity contribution is 0.0953. The second-order valence-electron chi connectivity index (χ2n) is 6.12. The van der Waals surface area contributed by atoms with Crippen molar-refractivity contribution < 1.29 is 4.79 Å². The van der Waals surface area contributed by atoms with Crippen LogP contribution in [0, 0.1) is 0 Å². The van der Waals surface area contributed by atoms with Gasteiger partial charge in [0.25, 0.3) is 5.91 Å². The van der Waals surface area contributed by atoms with Crippen molar-refractivity contribution in [2.45, 2.75) is 39.2 Å². The molecule has 0 saturated heterocycles. The highest BCUT2D eigenvalue weighted by atomic mass is 16.1. The molecule has 5 heteroatoms. The van der Waals surface area contributed by atoms with E-state index >= 15 is 0 Å². The molecule has 0 aliphatic heterocycles. The first-order valence-corrected chi connectivity index (χ1v) is 8.92. The Morgan fingerprint density at radius 1 is 1.16 bits per heavy atom. The highest BCUT2D eigenvalue weighted by Gasteiger charge is 2.11. The van der Waals surface area contributed by atoms with Crippen LogP contribution in [0.1, 0.15) is 42.4 Å². The van der Waals surface area contributed by atoms with Crippen molar-refractivity contribution in [1.82, 2.24) is 19.9 Å². The van der Waals surface area contributed by atoms with E-state index in [1.807, 2.05) is 18.2 Å². The minimum atomic E-state index is -0.0956. The van der Waals surface area contributed by atoms with Gasteiger partial charge in [0.05, 0.1) is 16.6 Å². The number of amides is 1. The zero-order valence-electron chi connectivity index (χ0n) is 14.6. The summed E-state index contributed by atoms with van der Waals surface area (Å²) >= 11 is 0. The molecular weight excluding hydrogens is 312 g/mol. The SMILES string of the molecule is CCCCCn1c(CCNC(=O)c2cccnc2)nc2ccccc21. The normalized spacial score (nSPS) is 10.9. The van der Waals surface area contributed by atoms with Gasteiger partial charge in [-0.25, -0.2) is 4.98 Å². The molecule has 5 nitrogen and oxygen atoms in total. The van der Waals surface area contributed by atoms with Crippen LogP contribution in [-0.2, 0) is 13.0 Å². The van der Waals surface area contributed by atoms with Gasteiger partial charge < -0.3 is 9.88 Å². The quantitative estimate of drug-likeness (QED) is 0.640. The summed E-state index contributed by atoms with van der Waals surface area (Å²) < 4.78 is 2.29. The lowest BCUT2D eigenvalue weighted by Crippen LogP contribution is -2.26. The number of carbonyl (C=O) groups excluding carboxylic acids is 1. The Labute approximate surface area is 148 Å². The van der Waals surface area contributed by atoms with Crippen molar-refractivity contribution in [3.8, 4) is 0 Å². The van der Waals surface area contributed by atoms with Crippen LogP contribution >= 0.6 is 0 Å². The van der Waals surface area contributed by atoms with Crippen LogP contribution in [-0.4, -0.2) is 27.0 Å². The topological polar surface area (TPSA) is 59.8 Å². The Hall–Kier alpha value is -2.69. The van der Waals surface area contributed by atoms with E-state index in [0.29, 0.717) is 18.5 Å². The molecule has 3 rings (SSSR count). The fraction of sp³-hybridized carbons (Fsp3) is 0.350. The number of unbranched alkanes of at least 4 members (excludes halogenated alkanes) is 2. The molecule has 0 saturated carbocycles. The first-order valence-electron chi connectivity index (χ1n) is 8.92. The number of aromatic nitrogens is 3. The number of aryl methyl sites for hydroxylation is 1. The number of rotatable bonds is 8. The molecule has 130 valence electrons. The van der Waals surface area contributed by atoms with Crippen LogP contribution < -0.4 is 5.32 Å². The standard InChI is InChI=1S/C20H24N4O/c1-2-3-6-14-24-18-10-5-4-9-17(18)23-19(24)11-13-22-20(25)16-8-7-12-21-15-16/h4-5,7-10,12,15H,2-3,6,11,13-14H2,1H3,(H,22,25). The second kappa shape index (κ2) is 8.42. The Kier molecular flexibility index (Phi) is 5.77. The summed E-state index contributed by atoms with van der Waals surface area (Å²) in [5, 5.41) is 2.95. The molecule has 25 heavy (non-hydrogen) atoms. The highest BCUT2D eigenvalue weighted by Crippen LogP contribution is 2.17. The molecule has 2 heterocycles.